The van der Waals surface area contributed by atoms with Gasteiger partial charge in [-0.2, -0.15) is 5.26 Å². The largest absolute Gasteiger partial charge is 0.334 e. The van der Waals surface area contributed by atoms with E-state index in [1.54, 1.807) is 4.90 Å². The molecule has 132 valence electrons. The molecule has 6 heteroatoms. The number of nitriles is 1. The molecule has 2 aliphatic rings. The summed E-state index contributed by atoms with van der Waals surface area (Å²) < 4.78 is 0. The Morgan fingerprint density at radius 3 is 2.52 bits per heavy atom. The van der Waals surface area contributed by atoms with Gasteiger partial charge < -0.3 is 15.1 Å². The average Bonchev–Trinajstić information content (AvgIpc) is 2.67. The van der Waals surface area contributed by atoms with Crippen molar-refractivity contribution in [3.8, 4) is 6.07 Å². The van der Waals surface area contributed by atoms with Crippen LogP contribution in [0.2, 0.25) is 0 Å². The fourth-order valence-electron chi connectivity index (χ4n) is 3.37. The Kier molecular flexibility index (Phi) is 5.54. The van der Waals surface area contributed by atoms with Gasteiger partial charge in [0.1, 0.15) is 0 Å². The predicted molar refractivity (Wildman–Crippen MR) is 94.8 cm³/mol. The Morgan fingerprint density at radius 1 is 1.16 bits per heavy atom. The summed E-state index contributed by atoms with van der Waals surface area (Å²) in [6.45, 7) is 2.53. The second-order valence-electron chi connectivity index (χ2n) is 6.72. The molecule has 2 saturated heterocycles. The number of nitrogens with one attached hydrogen (secondary N) is 1. The molecule has 0 radical (unpaired) electrons. The second-order valence-corrected chi connectivity index (χ2v) is 6.72. The van der Waals surface area contributed by atoms with E-state index in [1.807, 2.05) is 29.2 Å². The summed E-state index contributed by atoms with van der Waals surface area (Å²) in [5, 5.41) is 11.8. The topological polar surface area (TPSA) is 76.4 Å². The lowest BCUT2D eigenvalue weighted by molar-refractivity contribution is -0.119. The zero-order valence-corrected chi connectivity index (χ0v) is 14.4. The normalized spacial score (nSPS) is 18.8. The van der Waals surface area contributed by atoms with E-state index in [4.69, 9.17) is 5.26 Å². The van der Waals surface area contributed by atoms with Crippen LogP contribution >= 0.6 is 0 Å². The number of benzene rings is 1. The lowest BCUT2D eigenvalue weighted by Crippen LogP contribution is -2.44. The van der Waals surface area contributed by atoms with Crippen LogP contribution in [0.5, 0.6) is 0 Å². The number of likely N-dealkylation sites (tertiary alicyclic amines) is 1. The molecule has 0 aliphatic carbocycles. The highest BCUT2D eigenvalue weighted by molar-refractivity contribution is 5.93. The molecule has 0 unspecified atom stereocenters. The Balaban J connectivity index is 1.49. The lowest BCUT2D eigenvalue weighted by Gasteiger charge is -2.29. The molecule has 1 aromatic carbocycles. The van der Waals surface area contributed by atoms with Crippen LogP contribution in [-0.4, -0.2) is 36.5 Å². The zero-order valence-electron chi connectivity index (χ0n) is 14.4. The Morgan fingerprint density at radius 2 is 1.88 bits per heavy atom. The van der Waals surface area contributed by atoms with Crippen molar-refractivity contribution in [2.24, 2.45) is 5.92 Å². The molecule has 3 amide bonds. The molecule has 0 spiro atoms. The molecule has 0 bridgehead atoms. The zero-order chi connectivity index (χ0) is 17.6. The molecule has 1 N–H and O–H groups in total. The number of hydrogen-bond donors (Lipinski definition) is 1. The lowest BCUT2D eigenvalue weighted by atomic mass is 9.99. The van der Waals surface area contributed by atoms with E-state index < -0.39 is 0 Å². The Labute approximate surface area is 148 Å². The number of anilines is 1. The molecule has 6 nitrogen and oxygen atoms in total. The summed E-state index contributed by atoms with van der Waals surface area (Å²) >= 11 is 0. The van der Waals surface area contributed by atoms with Crippen molar-refractivity contribution >= 4 is 17.6 Å². The summed E-state index contributed by atoms with van der Waals surface area (Å²) in [5.41, 5.74) is 1.94. The van der Waals surface area contributed by atoms with Crippen molar-refractivity contribution in [2.45, 2.75) is 38.6 Å². The first-order valence-corrected chi connectivity index (χ1v) is 8.99. The van der Waals surface area contributed by atoms with E-state index in [1.165, 1.54) is 0 Å². The predicted octanol–water partition coefficient (Wildman–Crippen LogP) is 2.65. The van der Waals surface area contributed by atoms with Crippen LogP contribution in [0, 0.1) is 17.2 Å². The van der Waals surface area contributed by atoms with Gasteiger partial charge in [0.2, 0.25) is 5.91 Å². The number of nitrogens with zero attached hydrogens (tertiary/aromatic N) is 3. The molecule has 3 rings (SSSR count). The molecular formula is C19H24N4O2. The summed E-state index contributed by atoms with van der Waals surface area (Å²) in [4.78, 5) is 27.8. The quantitative estimate of drug-likeness (QED) is 0.919. The van der Waals surface area contributed by atoms with Crippen LogP contribution in [-0.2, 0) is 11.3 Å². The van der Waals surface area contributed by atoms with Gasteiger partial charge in [0.25, 0.3) is 0 Å². The van der Waals surface area contributed by atoms with Crippen molar-refractivity contribution in [3.63, 3.8) is 0 Å². The van der Waals surface area contributed by atoms with Crippen LogP contribution in [0.25, 0.3) is 0 Å². The molecule has 2 fully saturated rings. The van der Waals surface area contributed by atoms with E-state index in [0.29, 0.717) is 26.1 Å². The van der Waals surface area contributed by atoms with Gasteiger partial charge in [-0.25, -0.2) is 4.79 Å². The number of urea groups is 1. The number of carbonyl (C=O) groups excluding carboxylic acids is 2. The number of rotatable bonds is 3. The fourth-order valence-corrected chi connectivity index (χ4v) is 3.37. The van der Waals surface area contributed by atoms with Crippen LogP contribution in [0.1, 0.15) is 37.7 Å². The first kappa shape index (κ1) is 17.3. The van der Waals surface area contributed by atoms with Crippen LogP contribution in [0.3, 0.4) is 0 Å². The van der Waals surface area contributed by atoms with Gasteiger partial charge in [0, 0.05) is 44.2 Å². The maximum Gasteiger partial charge on any atom is 0.317 e. The van der Waals surface area contributed by atoms with Crippen molar-refractivity contribution in [1.29, 1.82) is 5.26 Å². The molecule has 2 heterocycles. The third-order valence-electron chi connectivity index (χ3n) is 4.98. The molecule has 2 aliphatic heterocycles. The molecule has 1 aromatic rings. The van der Waals surface area contributed by atoms with Crippen LogP contribution < -0.4 is 10.2 Å². The summed E-state index contributed by atoms with van der Waals surface area (Å²) in [6.07, 6.45) is 4.16. The molecule has 25 heavy (non-hydrogen) atoms. The number of amides is 3. The SMILES string of the molecule is N#CC1CCN(C(=O)NCc2ccc(N3CCCCC3=O)cc2)CC1. The summed E-state index contributed by atoms with van der Waals surface area (Å²) in [7, 11) is 0. The standard InChI is InChI=1S/C19H24N4O2/c20-13-15-8-11-22(12-9-15)19(25)21-14-16-4-6-17(7-5-16)23-10-2-1-3-18(23)24/h4-7,15H,1-3,8-12,14H2,(H,21,25). The van der Waals surface area contributed by atoms with Crippen molar-refractivity contribution in [3.05, 3.63) is 29.8 Å². The van der Waals surface area contributed by atoms with Crippen LogP contribution in [0.4, 0.5) is 10.5 Å². The van der Waals surface area contributed by atoms with Crippen molar-refractivity contribution in [2.75, 3.05) is 24.5 Å². The maximum atomic E-state index is 12.2. The first-order chi connectivity index (χ1) is 12.2. The smallest absolute Gasteiger partial charge is 0.317 e. The molecule has 0 saturated carbocycles. The highest BCUT2D eigenvalue weighted by Gasteiger charge is 2.22. The van der Waals surface area contributed by atoms with Gasteiger partial charge in [-0.05, 0) is 43.4 Å². The van der Waals surface area contributed by atoms with Crippen molar-refractivity contribution < 1.29 is 9.59 Å². The fraction of sp³-hybridized carbons (Fsp3) is 0.526. The average molecular weight is 340 g/mol. The van der Waals surface area contributed by atoms with E-state index in [-0.39, 0.29) is 17.9 Å². The number of carbonyl (C=O) groups is 2. The molecule has 0 aromatic heterocycles. The number of piperidine rings is 2. The summed E-state index contributed by atoms with van der Waals surface area (Å²) in [5.74, 6) is 0.266. The van der Waals surface area contributed by atoms with Gasteiger partial charge in [-0.1, -0.05) is 12.1 Å². The van der Waals surface area contributed by atoms with Gasteiger partial charge in [0.05, 0.1) is 6.07 Å². The highest BCUT2D eigenvalue weighted by atomic mass is 16.2. The van der Waals surface area contributed by atoms with E-state index in [2.05, 4.69) is 11.4 Å². The molecular weight excluding hydrogens is 316 g/mol. The van der Waals surface area contributed by atoms with Gasteiger partial charge in [0.15, 0.2) is 0 Å². The first-order valence-electron chi connectivity index (χ1n) is 8.99. The van der Waals surface area contributed by atoms with Crippen molar-refractivity contribution in [1.82, 2.24) is 10.2 Å². The van der Waals surface area contributed by atoms with Crippen LogP contribution in [0.15, 0.2) is 24.3 Å². The number of hydrogen-bond acceptors (Lipinski definition) is 3. The Bertz CT molecular complexity index is 657. The van der Waals surface area contributed by atoms with Gasteiger partial charge in [-0.3, -0.25) is 4.79 Å². The summed E-state index contributed by atoms with van der Waals surface area (Å²) in [6, 6.07) is 10.0. The van der Waals surface area contributed by atoms with E-state index >= 15 is 0 Å². The Hall–Kier alpha value is -2.55. The van der Waals surface area contributed by atoms with E-state index in [9.17, 15) is 9.59 Å². The minimum atomic E-state index is -0.0772. The van der Waals surface area contributed by atoms with E-state index in [0.717, 1.165) is 43.5 Å². The highest BCUT2D eigenvalue weighted by Crippen LogP contribution is 2.21. The second kappa shape index (κ2) is 8.02. The monoisotopic (exact) mass is 340 g/mol. The maximum absolute atomic E-state index is 12.2. The molecule has 0 atom stereocenters. The third kappa shape index (κ3) is 4.30. The third-order valence-corrected chi connectivity index (χ3v) is 4.98. The van der Waals surface area contributed by atoms with Gasteiger partial charge in [-0.15, -0.1) is 0 Å². The minimum absolute atomic E-state index is 0.0772. The van der Waals surface area contributed by atoms with Gasteiger partial charge >= 0.3 is 6.03 Å². The minimum Gasteiger partial charge on any atom is -0.334 e.